The molecule has 4 nitrogen and oxygen atoms in total. The number of aliphatic hydroxyl groups is 3. The largest absolute Gasteiger partial charge is 0.394 e. The van der Waals surface area contributed by atoms with Gasteiger partial charge in [0.05, 0.1) is 12.2 Å². The monoisotopic (exact) mass is 211 g/mol. The minimum atomic E-state index is -1.47. The Bertz CT molecular complexity index is 389. The Labute approximate surface area is 85.8 Å². The van der Waals surface area contributed by atoms with E-state index in [-0.39, 0.29) is 11.1 Å². The average Bonchev–Trinajstić information content (AvgIpc) is 2.26. The lowest BCUT2D eigenvalue weighted by molar-refractivity contribution is -0.0155. The Hall–Kier alpha value is -1.48. The van der Waals surface area contributed by atoms with Crippen LogP contribution in [-0.4, -0.2) is 28.0 Å². The Morgan fingerprint density at radius 3 is 2.60 bits per heavy atom. The summed E-state index contributed by atoms with van der Waals surface area (Å²) in [6, 6.07) is 5.32. The van der Waals surface area contributed by atoms with Crippen molar-refractivity contribution >= 4 is 0 Å². The number of hydrogen-bond acceptors (Lipinski definition) is 4. The molecule has 5 heteroatoms. The lowest BCUT2D eigenvalue weighted by Crippen LogP contribution is -2.23. The zero-order valence-electron chi connectivity index (χ0n) is 7.76. The number of nitriles is 1. The Balaban J connectivity index is 3.15. The van der Waals surface area contributed by atoms with E-state index in [2.05, 4.69) is 0 Å². The summed E-state index contributed by atoms with van der Waals surface area (Å²) in [6.07, 6.45) is -2.90. The van der Waals surface area contributed by atoms with Gasteiger partial charge < -0.3 is 15.3 Å². The van der Waals surface area contributed by atoms with Crippen LogP contribution in [0.25, 0.3) is 0 Å². The van der Waals surface area contributed by atoms with Crippen molar-refractivity contribution in [3.8, 4) is 6.07 Å². The second kappa shape index (κ2) is 4.84. The van der Waals surface area contributed by atoms with Gasteiger partial charge in [0, 0.05) is 5.56 Å². The molecule has 1 aromatic rings. The first-order valence-electron chi connectivity index (χ1n) is 4.27. The first kappa shape index (κ1) is 11.6. The van der Waals surface area contributed by atoms with Crippen molar-refractivity contribution in [1.82, 2.24) is 0 Å². The van der Waals surface area contributed by atoms with Gasteiger partial charge in [0.25, 0.3) is 0 Å². The smallest absolute Gasteiger partial charge is 0.141 e. The molecular formula is C10H10FNO3. The molecule has 0 aliphatic rings. The van der Waals surface area contributed by atoms with E-state index >= 15 is 0 Å². The van der Waals surface area contributed by atoms with Crippen LogP contribution in [0, 0.1) is 17.1 Å². The van der Waals surface area contributed by atoms with Gasteiger partial charge in [-0.25, -0.2) is 4.39 Å². The maximum absolute atomic E-state index is 13.1. The second-order valence-electron chi connectivity index (χ2n) is 3.01. The van der Waals surface area contributed by atoms with Gasteiger partial charge in [0.2, 0.25) is 0 Å². The van der Waals surface area contributed by atoms with Crippen LogP contribution >= 0.6 is 0 Å². The summed E-state index contributed by atoms with van der Waals surface area (Å²) in [6.45, 7) is -0.664. The highest BCUT2D eigenvalue weighted by Crippen LogP contribution is 2.22. The highest BCUT2D eigenvalue weighted by molar-refractivity contribution is 5.40. The van der Waals surface area contributed by atoms with E-state index in [1.165, 1.54) is 12.1 Å². The molecule has 0 aliphatic heterocycles. The van der Waals surface area contributed by atoms with Crippen LogP contribution in [0.5, 0.6) is 0 Å². The Kier molecular flexibility index (Phi) is 3.74. The van der Waals surface area contributed by atoms with Crippen LogP contribution in [0.2, 0.25) is 0 Å². The van der Waals surface area contributed by atoms with Crippen molar-refractivity contribution < 1.29 is 19.7 Å². The molecule has 0 spiro atoms. The molecular weight excluding hydrogens is 201 g/mol. The van der Waals surface area contributed by atoms with Crippen molar-refractivity contribution in [2.24, 2.45) is 0 Å². The summed E-state index contributed by atoms with van der Waals surface area (Å²) in [4.78, 5) is 0. The summed E-state index contributed by atoms with van der Waals surface area (Å²) in [5, 5.41) is 35.9. The lowest BCUT2D eigenvalue weighted by atomic mass is 9.99. The summed E-state index contributed by atoms with van der Waals surface area (Å²) in [7, 11) is 0. The fourth-order valence-corrected chi connectivity index (χ4v) is 1.21. The lowest BCUT2D eigenvalue weighted by Gasteiger charge is -2.16. The van der Waals surface area contributed by atoms with Crippen molar-refractivity contribution in [3.63, 3.8) is 0 Å². The molecule has 0 aromatic heterocycles. The standard InChI is InChI=1S/C10H10FNO3/c11-8-3-1-2-6(7(8)4-12)10(15)9(14)5-13/h1-3,9-10,13-15H,5H2. The zero-order chi connectivity index (χ0) is 11.4. The second-order valence-corrected chi connectivity index (χ2v) is 3.01. The van der Waals surface area contributed by atoms with Gasteiger partial charge >= 0.3 is 0 Å². The zero-order valence-corrected chi connectivity index (χ0v) is 7.76. The average molecular weight is 211 g/mol. The van der Waals surface area contributed by atoms with Crippen molar-refractivity contribution in [1.29, 1.82) is 5.26 Å². The highest BCUT2D eigenvalue weighted by atomic mass is 19.1. The summed E-state index contributed by atoms with van der Waals surface area (Å²) in [5.74, 6) is -0.765. The van der Waals surface area contributed by atoms with E-state index in [1.54, 1.807) is 6.07 Å². The first-order valence-corrected chi connectivity index (χ1v) is 4.27. The maximum Gasteiger partial charge on any atom is 0.141 e. The van der Waals surface area contributed by atoms with Crippen molar-refractivity contribution in [3.05, 3.63) is 35.1 Å². The molecule has 1 aromatic carbocycles. The molecule has 0 aliphatic carbocycles. The van der Waals surface area contributed by atoms with Crippen molar-refractivity contribution in [2.75, 3.05) is 6.61 Å². The summed E-state index contributed by atoms with van der Waals surface area (Å²) in [5.41, 5.74) is -0.350. The molecule has 0 bridgehead atoms. The number of aliphatic hydroxyl groups excluding tert-OH is 3. The van der Waals surface area contributed by atoms with Gasteiger partial charge in [0.1, 0.15) is 24.1 Å². The van der Waals surface area contributed by atoms with Gasteiger partial charge in [-0.1, -0.05) is 12.1 Å². The van der Waals surface area contributed by atoms with Gasteiger partial charge in [0.15, 0.2) is 0 Å². The molecule has 1 rings (SSSR count). The first-order chi connectivity index (χ1) is 7.11. The van der Waals surface area contributed by atoms with Gasteiger partial charge in [-0.15, -0.1) is 0 Å². The number of rotatable bonds is 3. The van der Waals surface area contributed by atoms with E-state index in [4.69, 9.17) is 15.5 Å². The predicted molar refractivity (Wildman–Crippen MR) is 49.2 cm³/mol. The van der Waals surface area contributed by atoms with Gasteiger partial charge in [-0.05, 0) is 6.07 Å². The molecule has 0 saturated heterocycles. The number of nitrogens with zero attached hydrogens (tertiary/aromatic N) is 1. The number of hydrogen-bond donors (Lipinski definition) is 3. The Morgan fingerprint density at radius 1 is 1.40 bits per heavy atom. The third-order valence-electron chi connectivity index (χ3n) is 2.03. The van der Waals surface area contributed by atoms with Crippen LogP contribution in [0.1, 0.15) is 17.2 Å². The van der Waals surface area contributed by atoms with Gasteiger partial charge in [-0.3, -0.25) is 0 Å². The molecule has 0 radical (unpaired) electrons. The molecule has 2 atom stereocenters. The van der Waals surface area contributed by atoms with Crippen LogP contribution in [0.4, 0.5) is 4.39 Å². The molecule has 0 heterocycles. The van der Waals surface area contributed by atoms with E-state index in [0.717, 1.165) is 6.07 Å². The fourth-order valence-electron chi connectivity index (χ4n) is 1.21. The van der Waals surface area contributed by atoms with Crippen LogP contribution < -0.4 is 0 Å². The third-order valence-corrected chi connectivity index (χ3v) is 2.03. The predicted octanol–water partition coefficient (Wildman–Crippen LogP) is 0.0840. The van der Waals surface area contributed by atoms with Crippen LogP contribution in [0.3, 0.4) is 0 Å². The van der Waals surface area contributed by atoms with E-state index in [0.29, 0.717) is 0 Å². The summed E-state index contributed by atoms with van der Waals surface area (Å²) < 4.78 is 13.1. The van der Waals surface area contributed by atoms with Crippen molar-refractivity contribution in [2.45, 2.75) is 12.2 Å². The molecule has 15 heavy (non-hydrogen) atoms. The summed E-state index contributed by atoms with van der Waals surface area (Å²) >= 11 is 0. The fraction of sp³-hybridized carbons (Fsp3) is 0.300. The molecule has 80 valence electrons. The maximum atomic E-state index is 13.1. The minimum Gasteiger partial charge on any atom is -0.394 e. The quantitative estimate of drug-likeness (QED) is 0.661. The number of halogens is 1. The highest BCUT2D eigenvalue weighted by Gasteiger charge is 2.21. The van der Waals surface area contributed by atoms with Gasteiger partial charge in [-0.2, -0.15) is 5.26 Å². The number of benzene rings is 1. The molecule has 0 fully saturated rings. The molecule has 0 saturated carbocycles. The normalized spacial score (nSPS) is 14.3. The SMILES string of the molecule is N#Cc1c(F)cccc1C(O)C(O)CO. The van der Waals surface area contributed by atoms with E-state index in [9.17, 15) is 9.50 Å². The van der Waals surface area contributed by atoms with E-state index < -0.39 is 24.6 Å². The molecule has 3 N–H and O–H groups in total. The van der Waals surface area contributed by atoms with Crippen LogP contribution in [-0.2, 0) is 0 Å². The molecule has 2 unspecified atom stereocenters. The topological polar surface area (TPSA) is 84.5 Å². The Morgan fingerprint density at radius 2 is 2.07 bits per heavy atom. The van der Waals surface area contributed by atoms with E-state index in [1.807, 2.05) is 0 Å². The minimum absolute atomic E-state index is 0.0287. The third kappa shape index (κ3) is 2.30. The molecule has 0 amide bonds. The van der Waals surface area contributed by atoms with Crippen LogP contribution in [0.15, 0.2) is 18.2 Å².